The smallest absolute Gasteiger partial charge is 0.263 e. The summed E-state index contributed by atoms with van der Waals surface area (Å²) in [7, 11) is 5.25. The summed E-state index contributed by atoms with van der Waals surface area (Å²) < 4.78 is 22.0. The number of hydrogen-bond donors (Lipinski definition) is 1. The van der Waals surface area contributed by atoms with Gasteiger partial charge in [-0.3, -0.25) is 19.2 Å². The highest BCUT2D eigenvalue weighted by molar-refractivity contribution is 6.31. The molecule has 0 spiro atoms. The van der Waals surface area contributed by atoms with Crippen LogP contribution in [-0.4, -0.2) is 89.5 Å². The van der Waals surface area contributed by atoms with Gasteiger partial charge >= 0.3 is 0 Å². The predicted molar refractivity (Wildman–Crippen MR) is 191 cm³/mol. The van der Waals surface area contributed by atoms with Gasteiger partial charge < -0.3 is 19.6 Å². The van der Waals surface area contributed by atoms with E-state index in [1.54, 1.807) is 67.7 Å². The van der Waals surface area contributed by atoms with Crippen LogP contribution >= 0.6 is 11.6 Å². The van der Waals surface area contributed by atoms with Gasteiger partial charge in [0.2, 0.25) is 0 Å². The topological polar surface area (TPSA) is 91.1 Å². The van der Waals surface area contributed by atoms with E-state index < -0.39 is 11.6 Å². The lowest BCUT2D eigenvalue weighted by molar-refractivity contribution is -0.114. The van der Waals surface area contributed by atoms with Crippen molar-refractivity contribution in [1.29, 1.82) is 0 Å². The maximum Gasteiger partial charge on any atom is 0.263 e. The van der Waals surface area contributed by atoms with E-state index in [1.165, 1.54) is 22.6 Å². The molecule has 3 aliphatic rings. The molecule has 1 N–H and O–H groups in total. The van der Waals surface area contributed by atoms with Crippen LogP contribution in [0.2, 0.25) is 5.02 Å². The Bertz CT molecular complexity index is 2040. The molecule has 7 rings (SSSR count). The number of hydrogen-bond acceptors (Lipinski definition) is 6. The summed E-state index contributed by atoms with van der Waals surface area (Å²) >= 11 is 6.65. The first kappa shape index (κ1) is 33.7. The van der Waals surface area contributed by atoms with Crippen molar-refractivity contribution in [2.24, 2.45) is 7.05 Å². The molecule has 3 aromatic carbocycles. The molecule has 12 heteroatoms. The molecule has 258 valence electrons. The number of aryl methyl sites for hydroxylation is 1. The molecule has 0 bridgehead atoms. The number of carbonyl (C=O) groups is 2. The molecule has 4 heterocycles. The third kappa shape index (κ3) is 6.33. The molecule has 1 saturated heterocycles. The van der Waals surface area contributed by atoms with Crippen LogP contribution in [0, 0.1) is 5.82 Å². The molecule has 0 radical (unpaired) electrons. The van der Waals surface area contributed by atoms with E-state index in [-0.39, 0.29) is 22.3 Å². The molecule has 0 aliphatic carbocycles. The van der Waals surface area contributed by atoms with E-state index in [0.29, 0.717) is 71.5 Å². The Morgan fingerprint density at radius 2 is 1.86 bits per heavy atom. The number of amides is 2. The molecule has 2 atom stereocenters. The molecule has 2 amide bonds. The van der Waals surface area contributed by atoms with Gasteiger partial charge in [-0.05, 0) is 41.8 Å². The SMILES string of the molecule is CN(C(=O)C1=C[N+](C)(c2ccc(O)c(F)c2)C(c2cc(Cl)ccc2C(=O)N2Cc3ccccc3C[C@H]2CN2CCOCC2)=C1)c1cnn(C)c1. The number of nitrogens with zero attached hydrogens (tertiary/aromatic N) is 6. The fourth-order valence-electron chi connectivity index (χ4n) is 7.14. The Labute approximate surface area is 295 Å². The average Bonchev–Trinajstić information content (AvgIpc) is 3.72. The number of anilines is 1. The minimum Gasteiger partial charge on any atom is -0.505 e. The molecule has 1 aromatic heterocycles. The zero-order valence-electron chi connectivity index (χ0n) is 28.2. The lowest BCUT2D eigenvalue weighted by atomic mass is 9.92. The van der Waals surface area contributed by atoms with Gasteiger partial charge in [0.05, 0.1) is 48.8 Å². The summed E-state index contributed by atoms with van der Waals surface area (Å²) in [6, 6.07) is 17.4. The summed E-state index contributed by atoms with van der Waals surface area (Å²) in [5.74, 6) is -1.77. The number of morpholine rings is 1. The van der Waals surface area contributed by atoms with Crippen molar-refractivity contribution in [3.8, 4) is 5.75 Å². The van der Waals surface area contributed by atoms with Gasteiger partial charge in [-0.25, -0.2) is 8.87 Å². The summed E-state index contributed by atoms with van der Waals surface area (Å²) in [5.41, 5.74) is 5.18. The summed E-state index contributed by atoms with van der Waals surface area (Å²) in [6.07, 6.45) is 7.51. The number of phenols is 1. The highest BCUT2D eigenvalue weighted by Gasteiger charge is 2.42. The molecule has 1 fully saturated rings. The Balaban J connectivity index is 1.32. The maximum absolute atomic E-state index is 14.9. The zero-order valence-corrected chi connectivity index (χ0v) is 29.0. The highest BCUT2D eigenvalue weighted by atomic mass is 35.5. The lowest BCUT2D eigenvalue weighted by Gasteiger charge is -2.41. The fraction of sp³-hybridized carbons (Fsp3) is 0.289. The molecule has 1 unspecified atom stereocenters. The largest absolute Gasteiger partial charge is 0.505 e. The Morgan fingerprint density at radius 3 is 2.58 bits per heavy atom. The third-order valence-electron chi connectivity index (χ3n) is 9.96. The van der Waals surface area contributed by atoms with Gasteiger partial charge in [-0.2, -0.15) is 5.10 Å². The lowest BCUT2D eigenvalue weighted by Crippen LogP contribution is -2.52. The fourth-order valence-corrected chi connectivity index (χ4v) is 7.31. The van der Waals surface area contributed by atoms with E-state index in [1.807, 2.05) is 24.1 Å². The molecule has 50 heavy (non-hydrogen) atoms. The quantitative estimate of drug-likeness (QED) is 0.262. The standard InChI is InChI=1S/C38H38ClFN6O4/c1-42-22-30(20-41-42)43(2)37(48)27-17-35(46(3,24-27)31-9-11-36(47)34(40)19-31)33-18-28(39)8-10-32(33)38(49)45-21-26-7-5-4-6-25(26)16-29(45)23-44-12-14-50-15-13-44/h4-11,17-20,22,24,29H,12-16,21,23H2,1-3H3/p+1/t29-,46?/m0/s1. The number of rotatable bonds is 7. The van der Waals surface area contributed by atoms with Crippen LogP contribution in [0.1, 0.15) is 27.0 Å². The summed E-state index contributed by atoms with van der Waals surface area (Å²) in [4.78, 5) is 34.7. The van der Waals surface area contributed by atoms with Gasteiger partial charge in [-0.15, -0.1) is 0 Å². The van der Waals surface area contributed by atoms with Gasteiger partial charge in [0, 0.05) is 75.7 Å². The predicted octanol–water partition coefficient (Wildman–Crippen LogP) is 5.36. The van der Waals surface area contributed by atoms with Crippen molar-refractivity contribution in [3.05, 3.63) is 124 Å². The minimum absolute atomic E-state index is 0.0907. The molecular formula is C38H39ClFN6O4+. The Morgan fingerprint density at radius 1 is 1.10 bits per heavy atom. The van der Waals surface area contributed by atoms with Crippen LogP contribution in [0.3, 0.4) is 0 Å². The van der Waals surface area contributed by atoms with E-state index in [0.717, 1.165) is 18.7 Å². The van der Waals surface area contributed by atoms with Gasteiger partial charge in [0.1, 0.15) is 11.9 Å². The number of aromatic nitrogens is 2. The van der Waals surface area contributed by atoms with Crippen molar-refractivity contribution < 1.29 is 23.8 Å². The van der Waals surface area contributed by atoms with Crippen LogP contribution < -0.4 is 9.38 Å². The number of aromatic hydroxyl groups is 1. The second-order valence-corrected chi connectivity index (χ2v) is 13.7. The molecular weight excluding hydrogens is 659 g/mol. The number of carbonyl (C=O) groups excluding carboxylic acids is 2. The van der Waals surface area contributed by atoms with Crippen LogP contribution in [0.25, 0.3) is 5.70 Å². The number of fused-ring (bicyclic) bond motifs is 1. The number of phenolic OH excluding ortho intramolecular Hbond substituents is 1. The normalized spacial score (nSPS) is 20.7. The highest BCUT2D eigenvalue weighted by Crippen LogP contribution is 2.43. The number of likely N-dealkylation sites (N-methyl/N-ethyl adjacent to an activating group) is 1. The van der Waals surface area contributed by atoms with E-state index in [9.17, 15) is 19.1 Å². The summed E-state index contributed by atoms with van der Waals surface area (Å²) in [6.45, 7) is 4.06. The summed E-state index contributed by atoms with van der Waals surface area (Å²) in [5, 5.41) is 14.6. The molecule has 4 aromatic rings. The number of benzene rings is 3. The number of quaternary nitrogens is 1. The van der Waals surface area contributed by atoms with Gasteiger partial charge in [0.15, 0.2) is 17.3 Å². The first-order chi connectivity index (χ1) is 24.0. The van der Waals surface area contributed by atoms with E-state index in [4.69, 9.17) is 16.3 Å². The van der Waals surface area contributed by atoms with Crippen molar-refractivity contribution >= 4 is 40.5 Å². The third-order valence-corrected chi connectivity index (χ3v) is 10.2. The zero-order chi connectivity index (χ0) is 35.2. The van der Waals surface area contributed by atoms with E-state index in [2.05, 4.69) is 22.1 Å². The van der Waals surface area contributed by atoms with Gasteiger partial charge in [-0.1, -0.05) is 35.9 Å². The van der Waals surface area contributed by atoms with Crippen LogP contribution in [0.4, 0.5) is 15.8 Å². The molecule has 0 saturated carbocycles. The van der Waals surface area contributed by atoms with Crippen LogP contribution in [0.15, 0.2) is 90.9 Å². The van der Waals surface area contributed by atoms with Crippen LogP contribution in [-0.2, 0) is 29.5 Å². The first-order valence-electron chi connectivity index (χ1n) is 16.6. The van der Waals surface area contributed by atoms with Crippen molar-refractivity contribution in [2.75, 3.05) is 51.8 Å². The van der Waals surface area contributed by atoms with Crippen molar-refractivity contribution in [1.82, 2.24) is 24.1 Å². The second-order valence-electron chi connectivity index (χ2n) is 13.2. The minimum atomic E-state index is -0.804. The Kier molecular flexibility index (Phi) is 9.08. The maximum atomic E-state index is 14.9. The first-order valence-corrected chi connectivity index (χ1v) is 16.9. The Hall–Kier alpha value is -4.81. The van der Waals surface area contributed by atoms with Crippen LogP contribution in [0.5, 0.6) is 5.75 Å². The second kappa shape index (κ2) is 13.5. The number of ether oxygens (including phenoxy) is 1. The molecule has 10 nitrogen and oxygen atoms in total. The van der Waals surface area contributed by atoms with Crippen molar-refractivity contribution in [2.45, 2.75) is 19.0 Å². The monoisotopic (exact) mass is 697 g/mol. The van der Waals surface area contributed by atoms with E-state index >= 15 is 0 Å². The molecule has 3 aliphatic heterocycles. The average molecular weight is 698 g/mol. The number of halogens is 2. The van der Waals surface area contributed by atoms with Crippen molar-refractivity contribution in [3.63, 3.8) is 0 Å². The van der Waals surface area contributed by atoms with Gasteiger partial charge in [0.25, 0.3) is 11.8 Å².